The Labute approximate surface area is 115 Å². The van der Waals surface area contributed by atoms with Gasteiger partial charge in [-0.3, -0.25) is 4.98 Å². The van der Waals surface area contributed by atoms with Gasteiger partial charge < -0.3 is 5.73 Å². The number of nitrogens with two attached hydrogens (primary N) is 1. The smallest absolute Gasteiger partial charge is 0.0949 e. The van der Waals surface area contributed by atoms with Crippen LogP contribution in [0.25, 0.3) is 11.3 Å². The maximum atomic E-state index is 8.73. The van der Waals surface area contributed by atoms with Gasteiger partial charge in [-0.15, -0.1) is 0 Å². The van der Waals surface area contributed by atoms with Crippen molar-refractivity contribution < 1.29 is 0 Å². The highest BCUT2D eigenvalue weighted by Crippen LogP contribution is 2.33. The molecule has 0 radical (unpaired) electrons. The molecule has 3 nitrogen and oxygen atoms in total. The molecule has 0 atom stereocenters. The van der Waals surface area contributed by atoms with E-state index < -0.39 is 0 Å². The molecule has 2 N–H and O–H groups in total. The van der Waals surface area contributed by atoms with Gasteiger partial charge in [0.1, 0.15) is 0 Å². The van der Waals surface area contributed by atoms with Gasteiger partial charge in [-0.2, -0.15) is 5.26 Å². The first-order valence-corrected chi connectivity index (χ1v) is 5.95. The van der Waals surface area contributed by atoms with Crippen molar-refractivity contribution in [2.24, 2.45) is 0 Å². The van der Waals surface area contributed by atoms with E-state index in [0.717, 1.165) is 5.56 Å². The maximum absolute atomic E-state index is 8.73. The molecule has 2 aromatic rings. The Morgan fingerprint density at radius 3 is 2.78 bits per heavy atom. The van der Waals surface area contributed by atoms with Crippen molar-refractivity contribution in [3.8, 4) is 17.3 Å². The Morgan fingerprint density at radius 1 is 1.28 bits per heavy atom. The third-order valence-corrected chi connectivity index (χ3v) is 3.10. The molecule has 18 heavy (non-hydrogen) atoms. The van der Waals surface area contributed by atoms with Crippen LogP contribution in [0.15, 0.2) is 30.5 Å². The number of nitrogen functional groups attached to an aromatic ring is 1. The zero-order valence-corrected chi connectivity index (χ0v) is 10.8. The van der Waals surface area contributed by atoms with Crippen LogP contribution in [0.2, 0.25) is 10.0 Å². The molecule has 90 valence electrons. The second kappa shape index (κ2) is 5.26. The topological polar surface area (TPSA) is 62.7 Å². The molecule has 0 saturated carbocycles. The molecular formula is C13H9Cl2N3. The summed E-state index contributed by atoms with van der Waals surface area (Å²) in [4.78, 5) is 4.22. The van der Waals surface area contributed by atoms with Gasteiger partial charge in [0.2, 0.25) is 0 Å². The van der Waals surface area contributed by atoms with Crippen molar-refractivity contribution in [2.75, 3.05) is 5.73 Å². The summed E-state index contributed by atoms with van der Waals surface area (Å²) < 4.78 is 0. The van der Waals surface area contributed by atoms with Gasteiger partial charge in [0, 0.05) is 16.8 Å². The highest BCUT2D eigenvalue weighted by Gasteiger charge is 2.12. The van der Waals surface area contributed by atoms with Crippen molar-refractivity contribution in [1.82, 2.24) is 4.98 Å². The van der Waals surface area contributed by atoms with Crippen LogP contribution in [-0.2, 0) is 6.42 Å². The minimum absolute atomic E-state index is 0.236. The second-order valence-corrected chi connectivity index (χ2v) is 4.54. The largest absolute Gasteiger partial charge is 0.397 e. The van der Waals surface area contributed by atoms with Crippen molar-refractivity contribution >= 4 is 28.9 Å². The summed E-state index contributed by atoms with van der Waals surface area (Å²) in [5.41, 5.74) is 8.42. The van der Waals surface area contributed by atoms with E-state index in [0.29, 0.717) is 27.0 Å². The Morgan fingerprint density at radius 2 is 2.06 bits per heavy atom. The molecule has 0 aliphatic carbocycles. The molecule has 0 spiro atoms. The summed E-state index contributed by atoms with van der Waals surface area (Å²) >= 11 is 12.1. The highest BCUT2D eigenvalue weighted by atomic mass is 35.5. The number of aromatic nitrogens is 1. The number of nitrogens with zero attached hydrogens (tertiary/aromatic N) is 2. The molecule has 0 aliphatic rings. The van der Waals surface area contributed by atoms with Crippen molar-refractivity contribution in [3.63, 3.8) is 0 Å². The highest BCUT2D eigenvalue weighted by molar-refractivity contribution is 6.35. The standard InChI is InChI=1S/C13H9Cl2N3/c14-9-1-2-11(15)10(7-9)13-12(17)8(3-5-16)4-6-18-13/h1-2,4,6-7H,3,17H2. The van der Waals surface area contributed by atoms with E-state index in [2.05, 4.69) is 11.1 Å². The van der Waals surface area contributed by atoms with Crippen LogP contribution in [0.4, 0.5) is 5.69 Å². The Kier molecular flexibility index (Phi) is 3.71. The van der Waals surface area contributed by atoms with Gasteiger partial charge in [0.25, 0.3) is 0 Å². The summed E-state index contributed by atoms with van der Waals surface area (Å²) in [6.07, 6.45) is 1.84. The van der Waals surface area contributed by atoms with Gasteiger partial charge >= 0.3 is 0 Å². The monoisotopic (exact) mass is 277 g/mol. The summed E-state index contributed by atoms with van der Waals surface area (Å²) in [6, 6.07) is 8.88. The van der Waals surface area contributed by atoms with Gasteiger partial charge in [0.05, 0.1) is 28.9 Å². The van der Waals surface area contributed by atoms with Crippen LogP contribution in [0, 0.1) is 11.3 Å². The maximum Gasteiger partial charge on any atom is 0.0949 e. The van der Waals surface area contributed by atoms with Gasteiger partial charge in [0.15, 0.2) is 0 Å². The van der Waals surface area contributed by atoms with Crippen LogP contribution >= 0.6 is 23.2 Å². The van der Waals surface area contributed by atoms with E-state index in [1.54, 1.807) is 30.5 Å². The number of nitriles is 1. The molecule has 1 aromatic heterocycles. The quantitative estimate of drug-likeness (QED) is 0.910. The summed E-state index contributed by atoms with van der Waals surface area (Å²) in [7, 11) is 0. The lowest BCUT2D eigenvalue weighted by molar-refractivity contribution is 1.22. The van der Waals surface area contributed by atoms with Crippen molar-refractivity contribution in [2.45, 2.75) is 6.42 Å². The summed E-state index contributed by atoms with van der Waals surface area (Å²) in [6.45, 7) is 0. The molecule has 2 rings (SSSR count). The lowest BCUT2D eigenvalue weighted by atomic mass is 10.0. The molecule has 0 bridgehead atoms. The normalized spacial score (nSPS) is 10.1. The van der Waals surface area contributed by atoms with E-state index in [1.165, 1.54) is 0 Å². The minimum atomic E-state index is 0.236. The third kappa shape index (κ3) is 2.40. The molecule has 0 unspecified atom stereocenters. The van der Waals surface area contributed by atoms with Crippen LogP contribution in [0.1, 0.15) is 5.56 Å². The van der Waals surface area contributed by atoms with Crippen LogP contribution in [0.5, 0.6) is 0 Å². The number of pyridine rings is 1. The number of halogens is 2. The molecule has 0 saturated heterocycles. The fraction of sp³-hybridized carbons (Fsp3) is 0.0769. The third-order valence-electron chi connectivity index (χ3n) is 2.53. The Balaban J connectivity index is 2.61. The first kappa shape index (κ1) is 12.7. The lowest BCUT2D eigenvalue weighted by Crippen LogP contribution is -1.99. The molecular weight excluding hydrogens is 269 g/mol. The first-order valence-electron chi connectivity index (χ1n) is 5.19. The number of benzene rings is 1. The number of hydrogen-bond acceptors (Lipinski definition) is 3. The molecule has 1 aromatic carbocycles. The van der Waals surface area contributed by atoms with E-state index >= 15 is 0 Å². The average Bonchev–Trinajstić information content (AvgIpc) is 2.35. The molecule has 1 heterocycles. The van der Waals surface area contributed by atoms with Crippen LogP contribution in [0.3, 0.4) is 0 Å². The van der Waals surface area contributed by atoms with Gasteiger partial charge in [-0.05, 0) is 29.8 Å². The summed E-state index contributed by atoms with van der Waals surface area (Å²) in [5.74, 6) is 0. The van der Waals surface area contributed by atoms with E-state index in [9.17, 15) is 0 Å². The number of rotatable bonds is 2. The fourth-order valence-corrected chi connectivity index (χ4v) is 2.03. The first-order chi connectivity index (χ1) is 8.63. The predicted molar refractivity (Wildman–Crippen MR) is 73.4 cm³/mol. The van der Waals surface area contributed by atoms with Crippen molar-refractivity contribution in [3.05, 3.63) is 46.1 Å². The van der Waals surface area contributed by atoms with E-state index in [1.807, 2.05) is 0 Å². The molecule has 0 fully saturated rings. The van der Waals surface area contributed by atoms with Crippen molar-refractivity contribution in [1.29, 1.82) is 5.26 Å². The van der Waals surface area contributed by atoms with E-state index in [-0.39, 0.29) is 6.42 Å². The lowest BCUT2D eigenvalue weighted by Gasteiger charge is -2.10. The van der Waals surface area contributed by atoms with Gasteiger partial charge in [-0.25, -0.2) is 0 Å². The van der Waals surface area contributed by atoms with Gasteiger partial charge in [-0.1, -0.05) is 23.2 Å². The second-order valence-electron chi connectivity index (χ2n) is 3.69. The van der Waals surface area contributed by atoms with Crippen LogP contribution < -0.4 is 5.73 Å². The SMILES string of the molecule is N#CCc1ccnc(-c2cc(Cl)ccc2Cl)c1N. The number of anilines is 1. The summed E-state index contributed by atoms with van der Waals surface area (Å²) in [5, 5.41) is 9.81. The zero-order valence-electron chi connectivity index (χ0n) is 9.32. The molecule has 5 heteroatoms. The fourth-order valence-electron chi connectivity index (χ4n) is 1.65. The Bertz CT molecular complexity index is 633. The van der Waals surface area contributed by atoms with Crippen LogP contribution in [-0.4, -0.2) is 4.98 Å². The number of hydrogen-bond donors (Lipinski definition) is 1. The molecule has 0 amide bonds. The van der Waals surface area contributed by atoms with E-state index in [4.69, 9.17) is 34.2 Å². The Hall–Kier alpha value is -1.76. The molecule has 0 aliphatic heterocycles. The minimum Gasteiger partial charge on any atom is -0.397 e. The average molecular weight is 278 g/mol. The predicted octanol–water partition coefficient (Wildman–Crippen LogP) is 3.70. The zero-order chi connectivity index (χ0) is 13.1.